The van der Waals surface area contributed by atoms with E-state index in [4.69, 9.17) is 0 Å². The van der Waals surface area contributed by atoms with Crippen LogP contribution in [-0.2, 0) is 11.8 Å². The number of carbonyl (C=O) groups is 1. The molecular formula is C20H26N4OS. The van der Waals surface area contributed by atoms with Crippen LogP contribution < -0.4 is 5.32 Å². The molecule has 3 heterocycles. The highest BCUT2D eigenvalue weighted by molar-refractivity contribution is 7.99. The van der Waals surface area contributed by atoms with Crippen LogP contribution in [0.5, 0.6) is 0 Å². The number of imidazole rings is 1. The summed E-state index contributed by atoms with van der Waals surface area (Å²) in [4.78, 5) is 19.7. The maximum absolute atomic E-state index is 12.8. The topological polar surface area (TPSA) is 50.2 Å². The lowest BCUT2D eigenvalue weighted by Gasteiger charge is -2.24. The largest absolute Gasteiger partial charge is 0.355 e. The van der Waals surface area contributed by atoms with Crippen LogP contribution in [0.4, 0.5) is 0 Å². The minimum atomic E-state index is 0.112. The van der Waals surface area contributed by atoms with Gasteiger partial charge in [0.15, 0.2) is 5.16 Å². The van der Waals surface area contributed by atoms with Gasteiger partial charge in [-0.2, -0.15) is 0 Å². The van der Waals surface area contributed by atoms with Gasteiger partial charge in [-0.15, -0.1) is 0 Å². The molecular weight excluding hydrogens is 344 g/mol. The van der Waals surface area contributed by atoms with Crippen molar-refractivity contribution < 1.29 is 4.79 Å². The second-order valence-electron chi connectivity index (χ2n) is 7.18. The van der Waals surface area contributed by atoms with Crippen LogP contribution in [0, 0.1) is 5.92 Å². The number of amides is 1. The molecule has 0 radical (unpaired) electrons. The molecule has 6 heteroatoms. The molecule has 26 heavy (non-hydrogen) atoms. The van der Waals surface area contributed by atoms with Gasteiger partial charge in [-0.1, -0.05) is 42.1 Å². The molecule has 2 saturated heterocycles. The predicted octanol–water partition coefficient (Wildman–Crippen LogP) is 2.85. The van der Waals surface area contributed by atoms with Gasteiger partial charge in [0.25, 0.3) is 0 Å². The molecule has 1 amide bonds. The maximum Gasteiger partial charge on any atom is 0.224 e. The van der Waals surface area contributed by atoms with Crippen LogP contribution >= 0.6 is 11.8 Å². The van der Waals surface area contributed by atoms with Crippen LogP contribution in [0.25, 0.3) is 0 Å². The Hall–Kier alpha value is -1.79. The molecule has 2 fully saturated rings. The molecule has 2 aliphatic heterocycles. The van der Waals surface area contributed by atoms with E-state index in [2.05, 4.69) is 45.5 Å². The minimum absolute atomic E-state index is 0.112. The van der Waals surface area contributed by atoms with E-state index in [1.807, 2.05) is 17.8 Å². The third kappa shape index (κ3) is 3.53. The molecule has 138 valence electrons. The number of nitrogens with zero attached hydrogens (tertiary/aromatic N) is 3. The molecule has 1 aromatic carbocycles. The normalized spacial score (nSPS) is 25.3. The Kier molecular flexibility index (Phi) is 5.31. The third-order valence-corrected chi connectivity index (χ3v) is 6.67. The fourth-order valence-corrected chi connectivity index (χ4v) is 5.18. The van der Waals surface area contributed by atoms with E-state index in [1.165, 1.54) is 12.0 Å². The summed E-state index contributed by atoms with van der Waals surface area (Å²) in [5.41, 5.74) is 1.35. The number of fused-ring (bicyclic) bond motifs is 1. The highest BCUT2D eigenvalue weighted by Crippen LogP contribution is 2.44. The Balaban J connectivity index is 1.33. The monoisotopic (exact) mass is 370 g/mol. The molecule has 2 aliphatic rings. The van der Waals surface area contributed by atoms with Gasteiger partial charge in [-0.25, -0.2) is 4.98 Å². The predicted molar refractivity (Wildman–Crippen MR) is 104 cm³/mol. The lowest BCUT2D eigenvalue weighted by Crippen LogP contribution is -2.38. The van der Waals surface area contributed by atoms with Crippen molar-refractivity contribution in [3.05, 3.63) is 48.3 Å². The first-order valence-corrected chi connectivity index (χ1v) is 10.4. The zero-order valence-corrected chi connectivity index (χ0v) is 16.0. The summed E-state index contributed by atoms with van der Waals surface area (Å²) in [6, 6.07) is 11.5. The summed E-state index contributed by atoms with van der Waals surface area (Å²) in [5, 5.41) is 4.16. The van der Waals surface area contributed by atoms with Gasteiger partial charge in [0.1, 0.15) is 0 Å². The lowest BCUT2D eigenvalue weighted by atomic mass is 9.93. The zero-order chi connectivity index (χ0) is 17.9. The van der Waals surface area contributed by atoms with E-state index in [9.17, 15) is 4.79 Å². The Bertz CT molecular complexity index is 747. The van der Waals surface area contributed by atoms with Crippen LogP contribution in [-0.4, -0.2) is 45.2 Å². The van der Waals surface area contributed by atoms with Gasteiger partial charge >= 0.3 is 0 Å². The summed E-state index contributed by atoms with van der Waals surface area (Å²) in [6.45, 7) is 1.80. The Morgan fingerprint density at radius 2 is 2.19 bits per heavy atom. The quantitative estimate of drug-likeness (QED) is 0.627. The number of aryl methyl sites for hydroxylation is 1. The fraction of sp³-hybridized carbons (Fsp3) is 0.500. The summed E-state index contributed by atoms with van der Waals surface area (Å²) in [5.74, 6) is 1.18. The van der Waals surface area contributed by atoms with Gasteiger partial charge < -0.3 is 9.88 Å². The minimum Gasteiger partial charge on any atom is -0.355 e. The van der Waals surface area contributed by atoms with E-state index in [0.29, 0.717) is 18.6 Å². The number of benzene rings is 1. The van der Waals surface area contributed by atoms with Crippen LogP contribution in [0.15, 0.2) is 47.9 Å². The molecule has 0 aliphatic carbocycles. The van der Waals surface area contributed by atoms with Crippen LogP contribution in [0.1, 0.15) is 30.9 Å². The van der Waals surface area contributed by atoms with Crippen molar-refractivity contribution in [1.29, 1.82) is 0 Å². The summed E-state index contributed by atoms with van der Waals surface area (Å²) in [6.07, 6.45) is 7.03. The average Bonchev–Trinajstić information content (AvgIpc) is 3.36. The molecule has 0 unspecified atom stereocenters. The van der Waals surface area contributed by atoms with Crippen molar-refractivity contribution >= 4 is 17.7 Å². The van der Waals surface area contributed by atoms with Gasteiger partial charge in [-0.3, -0.25) is 9.69 Å². The number of hydrogen-bond donors (Lipinski definition) is 1. The van der Waals surface area contributed by atoms with Crippen molar-refractivity contribution in [2.45, 2.75) is 36.5 Å². The summed E-state index contributed by atoms with van der Waals surface area (Å²) in [7, 11) is 1.99. The summed E-state index contributed by atoms with van der Waals surface area (Å²) < 4.78 is 2.00. The molecule has 0 saturated carbocycles. The maximum atomic E-state index is 12.8. The molecule has 1 aromatic heterocycles. The average molecular weight is 371 g/mol. The van der Waals surface area contributed by atoms with Crippen LogP contribution in [0.2, 0.25) is 0 Å². The van der Waals surface area contributed by atoms with Crippen molar-refractivity contribution in [3.8, 4) is 0 Å². The molecule has 1 N–H and O–H groups in total. The second-order valence-corrected chi connectivity index (χ2v) is 8.24. The Morgan fingerprint density at radius 3 is 2.96 bits per heavy atom. The fourth-order valence-electron chi connectivity index (χ4n) is 4.39. The molecule has 2 aromatic rings. The number of carbonyl (C=O) groups excluding carboxylic acids is 1. The first kappa shape index (κ1) is 17.6. The standard InChI is InChI=1S/C20H26N4OS/c1-23-12-9-22-20(23)26-13-10-21-19(25)16-14-18(15-6-3-2-4-7-15)24-11-5-8-17(16)24/h2-4,6-7,9,12,16-18H,5,8,10-11,13-14H2,1H3,(H,21,25)/t16-,17+,18-/m1/s1. The number of rotatable bonds is 6. The highest BCUT2D eigenvalue weighted by Gasteiger charge is 2.46. The van der Waals surface area contributed by atoms with Crippen molar-refractivity contribution in [3.63, 3.8) is 0 Å². The number of hydrogen-bond acceptors (Lipinski definition) is 4. The van der Waals surface area contributed by atoms with E-state index < -0.39 is 0 Å². The van der Waals surface area contributed by atoms with E-state index in [0.717, 1.165) is 30.3 Å². The SMILES string of the molecule is Cn1ccnc1SCCNC(=O)[C@@H]1C[C@H](c2ccccc2)N2CCC[C@@H]12. The van der Waals surface area contributed by atoms with Gasteiger partial charge in [0.05, 0.1) is 5.92 Å². The van der Waals surface area contributed by atoms with Crippen LogP contribution in [0.3, 0.4) is 0 Å². The van der Waals surface area contributed by atoms with Gasteiger partial charge in [0, 0.05) is 43.8 Å². The molecule has 5 nitrogen and oxygen atoms in total. The second kappa shape index (κ2) is 7.84. The summed E-state index contributed by atoms with van der Waals surface area (Å²) >= 11 is 1.68. The Morgan fingerprint density at radius 1 is 1.35 bits per heavy atom. The van der Waals surface area contributed by atoms with E-state index >= 15 is 0 Å². The number of aromatic nitrogens is 2. The van der Waals surface area contributed by atoms with E-state index in [-0.39, 0.29) is 11.8 Å². The number of nitrogens with one attached hydrogen (secondary N) is 1. The number of thioether (sulfide) groups is 1. The zero-order valence-electron chi connectivity index (χ0n) is 15.2. The molecule has 3 atom stereocenters. The Labute approximate surface area is 159 Å². The molecule has 0 spiro atoms. The first-order valence-electron chi connectivity index (χ1n) is 9.42. The van der Waals surface area contributed by atoms with Crippen molar-refractivity contribution in [2.75, 3.05) is 18.8 Å². The van der Waals surface area contributed by atoms with E-state index in [1.54, 1.807) is 18.0 Å². The molecule has 0 bridgehead atoms. The van der Waals surface area contributed by atoms with Gasteiger partial charge in [0.2, 0.25) is 5.91 Å². The van der Waals surface area contributed by atoms with Gasteiger partial charge in [-0.05, 0) is 31.4 Å². The van der Waals surface area contributed by atoms with Crippen molar-refractivity contribution in [2.24, 2.45) is 13.0 Å². The van der Waals surface area contributed by atoms with Crippen molar-refractivity contribution in [1.82, 2.24) is 19.8 Å². The lowest BCUT2D eigenvalue weighted by molar-refractivity contribution is -0.125. The first-order chi connectivity index (χ1) is 12.7. The third-order valence-electron chi connectivity index (χ3n) is 5.61. The molecule has 4 rings (SSSR count). The smallest absolute Gasteiger partial charge is 0.224 e. The highest BCUT2D eigenvalue weighted by atomic mass is 32.2.